The van der Waals surface area contributed by atoms with Crippen LogP contribution >= 0.6 is 11.6 Å². The smallest absolute Gasteiger partial charge is 0.227 e. The quantitative estimate of drug-likeness (QED) is 0.399. The van der Waals surface area contributed by atoms with Gasteiger partial charge in [-0.05, 0) is 13.3 Å². The molecule has 0 bridgehead atoms. The number of H-pyrrole nitrogens is 2. The van der Waals surface area contributed by atoms with Gasteiger partial charge < -0.3 is 19.5 Å². The fourth-order valence-corrected chi connectivity index (χ4v) is 3.49. The van der Waals surface area contributed by atoms with Crippen molar-refractivity contribution in [1.82, 2.24) is 19.9 Å². The Bertz CT molecular complexity index is 1240. The predicted octanol–water partition coefficient (Wildman–Crippen LogP) is 5.10. The highest BCUT2D eigenvalue weighted by atomic mass is 35.5. The molecule has 7 nitrogen and oxygen atoms in total. The van der Waals surface area contributed by atoms with Crippen LogP contribution in [0.4, 0.5) is 0 Å². The van der Waals surface area contributed by atoms with Gasteiger partial charge >= 0.3 is 0 Å². The first-order valence-corrected chi connectivity index (χ1v) is 10.1. The molecule has 0 saturated heterocycles. The van der Waals surface area contributed by atoms with Gasteiger partial charge in [0.1, 0.15) is 33.8 Å². The number of aromatic amines is 2. The lowest BCUT2D eigenvalue weighted by atomic mass is 10.1. The Morgan fingerprint density at radius 1 is 1.13 bits per heavy atom. The van der Waals surface area contributed by atoms with Crippen molar-refractivity contribution in [2.24, 2.45) is 0 Å². The number of hydrogen-bond donors (Lipinski definition) is 3. The molecule has 4 rings (SSSR count). The molecule has 0 amide bonds. The van der Waals surface area contributed by atoms with Gasteiger partial charge in [-0.1, -0.05) is 55.3 Å². The van der Waals surface area contributed by atoms with Gasteiger partial charge in [-0.15, -0.1) is 0 Å². The molecule has 30 heavy (non-hydrogen) atoms. The highest BCUT2D eigenvalue weighted by Crippen LogP contribution is 2.37. The Labute approximate surface area is 177 Å². The van der Waals surface area contributed by atoms with Crippen LogP contribution in [-0.2, 0) is 6.42 Å². The third-order valence-electron chi connectivity index (χ3n) is 4.72. The molecule has 154 valence electrons. The van der Waals surface area contributed by atoms with E-state index in [0.717, 1.165) is 30.7 Å². The van der Waals surface area contributed by atoms with E-state index in [1.165, 1.54) is 6.07 Å². The second kappa shape index (κ2) is 8.20. The normalized spacial score (nSPS) is 11.2. The van der Waals surface area contributed by atoms with E-state index in [2.05, 4.69) is 26.9 Å². The number of nitrogens with one attached hydrogen (secondary N) is 2. The number of imidazole rings is 2. The third-order valence-corrected chi connectivity index (χ3v) is 5.00. The average molecular weight is 425 g/mol. The monoisotopic (exact) mass is 424 g/mol. The molecule has 0 radical (unpaired) electrons. The first kappa shape index (κ1) is 20.0. The first-order valence-electron chi connectivity index (χ1n) is 9.72. The number of unbranched alkanes of at least 4 members (excludes halogenated alkanes) is 1. The molecule has 0 spiro atoms. The largest absolute Gasteiger partial charge is 0.501 e. The minimum absolute atomic E-state index is 0.0236. The van der Waals surface area contributed by atoms with Gasteiger partial charge in [0.2, 0.25) is 11.2 Å². The summed E-state index contributed by atoms with van der Waals surface area (Å²) in [5.74, 6) is 1.11. The SMILES string of the molecule is CCCCc1nc(-c2nc(-c3ccccc3)c(-c3oc(C)cc(=O)c3O)[nH]2)c(Cl)[nH]1. The molecule has 8 heteroatoms. The van der Waals surface area contributed by atoms with Crippen molar-refractivity contribution in [3.8, 4) is 40.0 Å². The van der Waals surface area contributed by atoms with Crippen molar-refractivity contribution in [3.05, 3.63) is 63.4 Å². The molecule has 0 unspecified atom stereocenters. The second-order valence-electron chi connectivity index (χ2n) is 7.02. The number of aromatic hydroxyl groups is 1. The van der Waals surface area contributed by atoms with Crippen LogP contribution in [0.2, 0.25) is 5.15 Å². The topological polar surface area (TPSA) is 108 Å². The minimum Gasteiger partial charge on any atom is -0.501 e. The van der Waals surface area contributed by atoms with E-state index in [0.29, 0.717) is 33.8 Å². The third kappa shape index (κ3) is 3.76. The standard InChI is InChI=1S/C22H21ClN4O3/c1-3-4-10-15-24-18(21(23)25-15)22-26-16(13-8-6-5-7-9-13)17(27-22)20-19(29)14(28)11-12(2)30-20/h5-9,11,29H,3-4,10H2,1-2H3,(H,24,25)(H,26,27). The van der Waals surface area contributed by atoms with Gasteiger partial charge in [-0.2, -0.15) is 0 Å². The van der Waals surface area contributed by atoms with Crippen molar-refractivity contribution in [3.63, 3.8) is 0 Å². The van der Waals surface area contributed by atoms with Crippen LogP contribution in [0.1, 0.15) is 31.4 Å². The Kier molecular flexibility index (Phi) is 5.46. The van der Waals surface area contributed by atoms with Gasteiger partial charge in [0.25, 0.3) is 0 Å². The number of benzene rings is 1. The van der Waals surface area contributed by atoms with Gasteiger partial charge in [0.05, 0.1) is 0 Å². The van der Waals surface area contributed by atoms with Crippen molar-refractivity contribution in [2.75, 3.05) is 0 Å². The highest BCUT2D eigenvalue weighted by Gasteiger charge is 2.24. The molecule has 3 heterocycles. The summed E-state index contributed by atoms with van der Waals surface area (Å²) in [6, 6.07) is 10.7. The van der Waals surface area contributed by atoms with Gasteiger partial charge in [0, 0.05) is 18.1 Å². The van der Waals surface area contributed by atoms with Gasteiger partial charge in [0.15, 0.2) is 11.6 Å². The lowest BCUT2D eigenvalue weighted by molar-refractivity contribution is 0.429. The summed E-state index contributed by atoms with van der Waals surface area (Å²) >= 11 is 6.39. The lowest BCUT2D eigenvalue weighted by Crippen LogP contribution is -2.01. The predicted molar refractivity (Wildman–Crippen MR) is 116 cm³/mol. The summed E-state index contributed by atoms with van der Waals surface area (Å²) in [5, 5.41) is 10.8. The molecule has 0 fully saturated rings. The van der Waals surface area contributed by atoms with Crippen LogP contribution in [0, 0.1) is 6.92 Å². The Morgan fingerprint density at radius 3 is 2.63 bits per heavy atom. The Morgan fingerprint density at radius 2 is 1.90 bits per heavy atom. The van der Waals surface area contributed by atoms with E-state index in [-0.39, 0.29) is 5.76 Å². The van der Waals surface area contributed by atoms with Crippen LogP contribution < -0.4 is 5.43 Å². The maximum atomic E-state index is 12.1. The van der Waals surface area contributed by atoms with Crippen LogP contribution in [0.3, 0.4) is 0 Å². The molecule has 0 aliphatic heterocycles. The summed E-state index contributed by atoms with van der Waals surface area (Å²) in [6.45, 7) is 3.76. The minimum atomic E-state index is -0.524. The Balaban J connectivity index is 1.90. The molecule has 3 N–H and O–H groups in total. The summed E-state index contributed by atoms with van der Waals surface area (Å²) < 4.78 is 5.69. The number of halogens is 1. The van der Waals surface area contributed by atoms with Crippen molar-refractivity contribution in [2.45, 2.75) is 33.1 Å². The second-order valence-corrected chi connectivity index (χ2v) is 7.40. The summed E-state index contributed by atoms with van der Waals surface area (Å²) in [6.07, 6.45) is 2.82. The van der Waals surface area contributed by atoms with E-state index < -0.39 is 11.2 Å². The fourth-order valence-electron chi connectivity index (χ4n) is 3.25. The molecule has 0 aliphatic rings. The molecular formula is C22H21ClN4O3. The van der Waals surface area contributed by atoms with Crippen LogP contribution in [0.5, 0.6) is 5.75 Å². The van der Waals surface area contributed by atoms with Crippen LogP contribution in [-0.4, -0.2) is 25.0 Å². The summed E-state index contributed by atoms with van der Waals surface area (Å²) in [4.78, 5) is 27.6. The van der Waals surface area contributed by atoms with E-state index >= 15 is 0 Å². The molecule has 0 saturated carbocycles. The van der Waals surface area contributed by atoms with E-state index in [4.69, 9.17) is 16.0 Å². The van der Waals surface area contributed by atoms with Gasteiger partial charge in [-0.3, -0.25) is 4.79 Å². The van der Waals surface area contributed by atoms with E-state index in [1.807, 2.05) is 30.3 Å². The highest BCUT2D eigenvalue weighted by molar-refractivity contribution is 6.31. The van der Waals surface area contributed by atoms with Crippen molar-refractivity contribution in [1.29, 1.82) is 0 Å². The molecule has 4 aromatic rings. The molecule has 1 aromatic carbocycles. The lowest BCUT2D eigenvalue weighted by Gasteiger charge is -2.05. The number of nitrogens with zero attached hydrogens (tertiary/aromatic N) is 2. The molecule has 0 aliphatic carbocycles. The zero-order valence-corrected chi connectivity index (χ0v) is 17.4. The number of rotatable bonds is 6. The van der Waals surface area contributed by atoms with Crippen molar-refractivity contribution >= 4 is 11.6 Å². The van der Waals surface area contributed by atoms with E-state index in [9.17, 15) is 9.90 Å². The summed E-state index contributed by atoms with van der Waals surface area (Å²) in [7, 11) is 0. The number of hydrogen-bond acceptors (Lipinski definition) is 5. The van der Waals surface area contributed by atoms with Gasteiger partial charge in [-0.25, -0.2) is 9.97 Å². The van der Waals surface area contributed by atoms with Crippen LogP contribution in [0.15, 0.2) is 45.6 Å². The zero-order valence-electron chi connectivity index (χ0n) is 16.6. The molecular weight excluding hydrogens is 404 g/mol. The number of aromatic nitrogens is 4. The number of aryl methyl sites for hydroxylation is 2. The van der Waals surface area contributed by atoms with E-state index in [1.54, 1.807) is 6.92 Å². The maximum absolute atomic E-state index is 12.1. The maximum Gasteiger partial charge on any atom is 0.227 e. The fraction of sp³-hybridized carbons (Fsp3) is 0.227. The molecule has 3 aromatic heterocycles. The Hall–Kier alpha value is -3.32. The first-order chi connectivity index (χ1) is 14.5. The summed E-state index contributed by atoms with van der Waals surface area (Å²) in [5.41, 5.74) is 1.63. The van der Waals surface area contributed by atoms with Crippen LogP contribution in [0.25, 0.3) is 34.2 Å². The molecule has 0 atom stereocenters. The average Bonchev–Trinajstić information content (AvgIpc) is 3.33. The van der Waals surface area contributed by atoms with Crippen molar-refractivity contribution < 1.29 is 9.52 Å². The zero-order chi connectivity index (χ0) is 21.3.